The monoisotopic (exact) mass is 294 g/mol. The molecular formula is C15H16F2N2O2. The van der Waals surface area contributed by atoms with Crippen molar-refractivity contribution in [2.75, 3.05) is 0 Å². The standard InChI is InChI=1S/C15H16F2N2O2/c1-3-4-12(20)9-10-5-7-11(8-6-10)13-18-14(21-19-13)15(2,16)17/h5-8H,3-4,9H2,1-2H3. The van der Waals surface area contributed by atoms with Crippen molar-refractivity contribution in [1.29, 1.82) is 0 Å². The molecule has 0 unspecified atom stereocenters. The number of alkyl halides is 2. The SMILES string of the molecule is CCCC(=O)Cc1ccc(-c2noc(C(C)(F)F)n2)cc1. The molecule has 2 rings (SSSR count). The third-order valence-corrected chi connectivity index (χ3v) is 2.94. The maximum absolute atomic E-state index is 13.0. The van der Waals surface area contributed by atoms with Crippen LogP contribution < -0.4 is 0 Å². The molecular weight excluding hydrogens is 278 g/mol. The molecule has 21 heavy (non-hydrogen) atoms. The first-order valence-corrected chi connectivity index (χ1v) is 6.73. The predicted molar refractivity (Wildman–Crippen MR) is 72.9 cm³/mol. The topological polar surface area (TPSA) is 56.0 Å². The number of rotatable bonds is 6. The van der Waals surface area contributed by atoms with Crippen molar-refractivity contribution >= 4 is 5.78 Å². The fourth-order valence-electron chi connectivity index (χ4n) is 1.89. The van der Waals surface area contributed by atoms with Crippen molar-refractivity contribution in [3.05, 3.63) is 35.7 Å². The van der Waals surface area contributed by atoms with Crippen LogP contribution in [0.25, 0.3) is 11.4 Å². The van der Waals surface area contributed by atoms with Gasteiger partial charge in [-0.3, -0.25) is 4.79 Å². The number of ketones is 1. The van der Waals surface area contributed by atoms with Crippen LogP contribution in [0, 0.1) is 0 Å². The predicted octanol–water partition coefficient (Wildman–Crippen LogP) is 3.76. The molecule has 0 atom stereocenters. The lowest BCUT2D eigenvalue weighted by Crippen LogP contribution is -2.07. The average Bonchev–Trinajstić information content (AvgIpc) is 2.89. The van der Waals surface area contributed by atoms with E-state index in [1.54, 1.807) is 24.3 Å². The number of Topliss-reactive ketones (excluding diaryl/α,β-unsaturated/α-hetero) is 1. The Morgan fingerprint density at radius 2 is 1.95 bits per heavy atom. The first-order valence-electron chi connectivity index (χ1n) is 6.73. The van der Waals surface area contributed by atoms with E-state index in [1.165, 1.54) is 0 Å². The Bertz CT molecular complexity index is 615. The number of carbonyl (C=O) groups excluding carboxylic acids is 1. The summed E-state index contributed by atoms with van der Waals surface area (Å²) in [5, 5.41) is 3.54. The van der Waals surface area contributed by atoms with Crippen LogP contribution in [0.5, 0.6) is 0 Å². The second kappa shape index (κ2) is 6.11. The van der Waals surface area contributed by atoms with Gasteiger partial charge < -0.3 is 4.52 Å². The summed E-state index contributed by atoms with van der Waals surface area (Å²) in [6.45, 7) is 2.66. The molecule has 0 amide bonds. The second-order valence-corrected chi connectivity index (χ2v) is 4.97. The van der Waals surface area contributed by atoms with Gasteiger partial charge in [-0.05, 0) is 12.0 Å². The lowest BCUT2D eigenvalue weighted by molar-refractivity contribution is -0.118. The third-order valence-electron chi connectivity index (χ3n) is 2.94. The van der Waals surface area contributed by atoms with Gasteiger partial charge in [-0.1, -0.05) is 36.3 Å². The molecule has 6 heteroatoms. The summed E-state index contributed by atoms with van der Waals surface area (Å²) in [6, 6.07) is 6.92. The van der Waals surface area contributed by atoms with Crippen molar-refractivity contribution in [2.24, 2.45) is 0 Å². The van der Waals surface area contributed by atoms with E-state index < -0.39 is 11.8 Å². The summed E-state index contributed by atoms with van der Waals surface area (Å²) in [5.74, 6) is -3.58. The van der Waals surface area contributed by atoms with Crippen LogP contribution in [0.3, 0.4) is 0 Å². The molecule has 2 aromatic rings. The highest BCUT2D eigenvalue weighted by molar-refractivity contribution is 5.80. The van der Waals surface area contributed by atoms with Crippen molar-refractivity contribution in [3.63, 3.8) is 0 Å². The van der Waals surface area contributed by atoms with E-state index in [0.29, 0.717) is 25.3 Å². The van der Waals surface area contributed by atoms with Crippen LogP contribution in [-0.4, -0.2) is 15.9 Å². The number of halogens is 2. The molecule has 1 aromatic heterocycles. The number of nitrogens with zero attached hydrogens (tertiary/aromatic N) is 2. The van der Waals surface area contributed by atoms with Crippen LogP contribution >= 0.6 is 0 Å². The Morgan fingerprint density at radius 1 is 1.29 bits per heavy atom. The highest BCUT2D eigenvalue weighted by Gasteiger charge is 2.32. The van der Waals surface area contributed by atoms with Crippen LogP contribution in [0.4, 0.5) is 8.78 Å². The van der Waals surface area contributed by atoms with Gasteiger partial charge in [0.1, 0.15) is 5.78 Å². The highest BCUT2D eigenvalue weighted by Crippen LogP contribution is 2.27. The summed E-state index contributed by atoms with van der Waals surface area (Å²) in [4.78, 5) is 15.2. The van der Waals surface area contributed by atoms with Crippen molar-refractivity contribution in [3.8, 4) is 11.4 Å². The maximum Gasteiger partial charge on any atom is 0.322 e. The van der Waals surface area contributed by atoms with Crippen LogP contribution in [0.15, 0.2) is 28.8 Å². The quantitative estimate of drug-likeness (QED) is 0.814. The van der Waals surface area contributed by atoms with Gasteiger partial charge >= 0.3 is 5.92 Å². The van der Waals surface area contributed by atoms with Gasteiger partial charge in [0.25, 0.3) is 5.89 Å². The molecule has 0 aliphatic carbocycles. The molecule has 4 nitrogen and oxygen atoms in total. The lowest BCUT2D eigenvalue weighted by Gasteiger charge is -2.02. The fraction of sp³-hybridized carbons (Fsp3) is 0.400. The van der Waals surface area contributed by atoms with E-state index in [0.717, 1.165) is 12.0 Å². The number of carbonyl (C=O) groups is 1. The zero-order chi connectivity index (χ0) is 15.5. The van der Waals surface area contributed by atoms with E-state index in [2.05, 4.69) is 14.7 Å². The summed E-state index contributed by atoms with van der Waals surface area (Å²) >= 11 is 0. The zero-order valence-corrected chi connectivity index (χ0v) is 11.9. The molecule has 0 saturated heterocycles. The van der Waals surface area contributed by atoms with E-state index in [9.17, 15) is 13.6 Å². The number of benzene rings is 1. The summed E-state index contributed by atoms with van der Waals surface area (Å²) in [7, 11) is 0. The van der Waals surface area contributed by atoms with Crippen LogP contribution in [0.1, 0.15) is 38.1 Å². The minimum atomic E-state index is -3.15. The number of hydrogen-bond donors (Lipinski definition) is 0. The summed E-state index contributed by atoms with van der Waals surface area (Å²) in [6.07, 6.45) is 1.76. The first kappa shape index (κ1) is 15.3. The van der Waals surface area contributed by atoms with Gasteiger partial charge in [-0.2, -0.15) is 13.8 Å². The van der Waals surface area contributed by atoms with Crippen LogP contribution in [-0.2, 0) is 17.1 Å². The van der Waals surface area contributed by atoms with E-state index in [1.807, 2.05) is 6.92 Å². The Balaban J connectivity index is 2.12. The minimum Gasteiger partial charge on any atom is -0.332 e. The summed E-state index contributed by atoms with van der Waals surface area (Å²) < 4.78 is 30.6. The molecule has 0 N–H and O–H groups in total. The van der Waals surface area contributed by atoms with Crippen molar-refractivity contribution in [2.45, 2.75) is 39.0 Å². The molecule has 0 aliphatic rings. The minimum absolute atomic E-state index is 0.109. The van der Waals surface area contributed by atoms with Gasteiger partial charge in [0, 0.05) is 25.3 Å². The van der Waals surface area contributed by atoms with E-state index in [4.69, 9.17) is 0 Å². The molecule has 0 spiro atoms. The van der Waals surface area contributed by atoms with E-state index >= 15 is 0 Å². The molecule has 1 aromatic carbocycles. The van der Waals surface area contributed by atoms with Gasteiger partial charge in [-0.15, -0.1) is 0 Å². The molecule has 0 fully saturated rings. The normalized spacial score (nSPS) is 11.6. The largest absolute Gasteiger partial charge is 0.332 e. The van der Waals surface area contributed by atoms with Gasteiger partial charge in [0.15, 0.2) is 0 Å². The van der Waals surface area contributed by atoms with Crippen molar-refractivity contribution in [1.82, 2.24) is 10.1 Å². The first-order chi connectivity index (χ1) is 9.90. The fourth-order valence-corrected chi connectivity index (χ4v) is 1.89. The number of aromatic nitrogens is 2. The second-order valence-electron chi connectivity index (χ2n) is 4.97. The third kappa shape index (κ3) is 3.93. The smallest absolute Gasteiger partial charge is 0.322 e. The molecule has 0 radical (unpaired) electrons. The zero-order valence-electron chi connectivity index (χ0n) is 11.9. The molecule has 1 heterocycles. The average molecular weight is 294 g/mol. The Morgan fingerprint density at radius 3 is 2.48 bits per heavy atom. The molecule has 0 bridgehead atoms. The van der Waals surface area contributed by atoms with Crippen LogP contribution in [0.2, 0.25) is 0 Å². The molecule has 0 saturated carbocycles. The Hall–Kier alpha value is -2.11. The Labute approximate surface area is 121 Å². The van der Waals surface area contributed by atoms with Gasteiger partial charge in [0.05, 0.1) is 0 Å². The summed E-state index contributed by atoms with van der Waals surface area (Å²) in [5.41, 5.74) is 1.45. The lowest BCUT2D eigenvalue weighted by atomic mass is 10.0. The Kier molecular flexibility index (Phi) is 4.45. The number of hydrogen-bond acceptors (Lipinski definition) is 4. The maximum atomic E-state index is 13.0. The van der Waals surface area contributed by atoms with E-state index in [-0.39, 0.29) is 11.6 Å². The van der Waals surface area contributed by atoms with Crippen molar-refractivity contribution < 1.29 is 18.1 Å². The van der Waals surface area contributed by atoms with Gasteiger partial charge in [-0.25, -0.2) is 0 Å². The van der Waals surface area contributed by atoms with Gasteiger partial charge in [0.2, 0.25) is 5.82 Å². The highest BCUT2D eigenvalue weighted by atomic mass is 19.3. The molecule has 0 aliphatic heterocycles. The molecule has 112 valence electrons.